The van der Waals surface area contributed by atoms with Crippen LogP contribution in [0, 0.1) is 17.3 Å². The molecule has 4 heterocycles. The third-order valence-electron chi connectivity index (χ3n) is 11.0. The van der Waals surface area contributed by atoms with Gasteiger partial charge in [-0.1, -0.05) is 12.8 Å². The Morgan fingerprint density at radius 1 is 1.05 bits per heavy atom. The van der Waals surface area contributed by atoms with Crippen LogP contribution in [0.2, 0.25) is 0 Å². The summed E-state index contributed by atoms with van der Waals surface area (Å²) in [7, 11) is 4.11. The fraction of sp³-hybridized carbons (Fsp3) is 0.903. The van der Waals surface area contributed by atoms with Gasteiger partial charge in [0.2, 0.25) is 11.8 Å². The van der Waals surface area contributed by atoms with Crippen LogP contribution in [0.15, 0.2) is 4.99 Å². The second-order valence-corrected chi connectivity index (χ2v) is 14.2. The molecule has 1 spiro atoms. The minimum Gasteiger partial charge on any atom is -0.350 e. The number of hydrogen-bond donors (Lipinski definition) is 4. The van der Waals surface area contributed by atoms with E-state index in [0.717, 1.165) is 51.6 Å². The van der Waals surface area contributed by atoms with Crippen LogP contribution in [0.5, 0.6) is 0 Å². The van der Waals surface area contributed by atoms with Gasteiger partial charge < -0.3 is 31.9 Å². The molecule has 12 heteroatoms. The van der Waals surface area contributed by atoms with E-state index in [1.54, 1.807) is 0 Å². The van der Waals surface area contributed by atoms with Crippen molar-refractivity contribution in [2.75, 3.05) is 59.9 Å². The van der Waals surface area contributed by atoms with E-state index in [9.17, 15) is 14.0 Å². The third kappa shape index (κ3) is 7.57. The Hall–Kier alpha value is -1.73. The Morgan fingerprint density at radius 2 is 1.77 bits per heavy atom. The molecule has 43 heavy (non-hydrogen) atoms. The van der Waals surface area contributed by atoms with Crippen LogP contribution in [0.25, 0.3) is 0 Å². The lowest BCUT2D eigenvalue weighted by molar-refractivity contribution is -0.136. The molecule has 5 unspecified atom stereocenters. The first-order valence-electron chi connectivity index (χ1n) is 16.6. The molecule has 3 saturated heterocycles. The first-order valence-corrected chi connectivity index (χ1v) is 16.6. The van der Waals surface area contributed by atoms with Crippen molar-refractivity contribution in [2.45, 2.75) is 101 Å². The number of carbonyl (C=O) groups excluding carboxylic acids is 2. The smallest absolute Gasteiger partial charge is 0.232 e. The van der Waals surface area contributed by atoms with Crippen LogP contribution < -0.4 is 22.1 Å². The number of hydrogen-bond acceptors (Lipinski definition) is 8. The number of amides is 2. The highest BCUT2D eigenvalue weighted by atomic mass is 19.1. The molecule has 5 rings (SSSR count). The van der Waals surface area contributed by atoms with Gasteiger partial charge in [0.25, 0.3) is 0 Å². The van der Waals surface area contributed by atoms with Crippen molar-refractivity contribution < 1.29 is 18.4 Å². The van der Waals surface area contributed by atoms with Crippen LogP contribution in [0.1, 0.15) is 64.2 Å². The zero-order chi connectivity index (χ0) is 30.7. The Labute approximate surface area is 255 Å². The highest BCUT2D eigenvalue weighted by Crippen LogP contribution is 2.47. The van der Waals surface area contributed by atoms with E-state index in [4.69, 9.17) is 11.5 Å². The van der Waals surface area contributed by atoms with Gasteiger partial charge in [0.1, 0.15) is 18.3 Å². The number of nitrogens with zero attached hydrogens (tertiary/aromatic N) is 4. The molecule has 1 aliphatic carbocycles. The molecule has 2 amide bonds. The molecule has 10 nitrogen and oxygen atoms in total. The van der Waals surface area contributed by atoms with Gasteiger partial charge in [0.05, 0.1) is 24.8 Å². The number of aliphatic imine (C=N–C) groups is 1. The fourth-order valence-electron chi connectivity index (χ4n) is 8.44. The van der Waals surface area contributed by atoms with Gasteiger partial charge in [-0.2, -0.15) is 0 Å². The normalized spacial score (nSPS) is 34.7. The number of carbonyl (C=O) groups is 2. The van der Waals surface area contributed by atoms with Crippen LogP contribution in [0.3, 0.4) is 0 Å². The van der Waals surface area contributed by atoms with Crippen molar-refractivity contribution in [3.05, 3.63) is 0 Å². The van der Waals surface area contributed by atoms with Crippen LogP contribution >= 0.6 is 0 Å². The van der Waals surface area contributed by atoms with Crippen molar-refractivity contribution in [1.82, 2.24) is 25.3 Å². The predicted octanol–water partition coefficient (Wildman–Crippen LogP) is 1.04. The van der Waals surface area contributed by atoms with Gasteiger partial charge in [-0.15, -0.1) is 0 Å². The number of rotatable bonds is 7. The zero-order valence-electron chi connectivity index (χ0n) is 26.2. The van der Waals surface area contributed by atoms with Crippen molar-refractivity contribution in [2.24, 2.45) is 33.7 Å². The predicted molar refractivity (Wildman–Crippen MR) is 164 cm³/mol. The maximum Gasteiger partial charge on any atom is 0.232 e. The fourth-order valence-corrected chi connectivity index (χ4v) is 8.44. The van der Waals surface area contributed by atoms with E-state index >= 15 is 4.39 Å². The highest BCUT2D eigenvalue weighted by Gasteiger charge is 2.44. The molecular formula is C31H54F2N8O2. The van der Waals surface area contributed by atoms with E-state index in [-0.39, 0.29) is 36.2 Å². The number of likely N-dealkylation sites (N-methyl/N-ethyl adjacent to an activating group) is 1. The van der Waals surface area contributed by atoms with Crippen molar-refractivity contribution in [3.63, 3.8) is 0 Å². The van der Waals surface area contributed by atoms with Crippen molar-refractivity contribution in [1.29, 1.82) is 0 Å². The van der Waals surface area contributed by atoms with Gasteiger partial charge in [-0.25, -0.2) is 8.78 Å². The second-order valence-electron chi connectivity index (χ2n) is 14.2. The molecule has 4 aliphatic heterocycles. The topological polar surface area (TPSA) is 132 Å². The third-order valence-corrected chi connectivity index (χ3v) is 11.0. The van der Waals surface area contributed by atoms with E-state index in [0.29, 0.717) is 57.1 Å². The Kier molecular flexibility index (Phi) is 10.7. The van der Waals surface area contributed by atoms with Crippen molar-refractivity contribution in [3.8, 4) is 0 Å². The van der Waals surface area contributed by atoms with Crippen LogP contribution in [-0.4, -0.2) is 129 Å². The molecule has 244 valence electrons. The summed E-state index contributed by atoms with van der Waals surface area (Å²) in [5, 5.41) is 6.22. The molecular weight excluding hydrogens is 554 g/mol. The van der Waals surface area contributed by atoms with Crippen molar-refractivity contribution >= 4 is 17.5 Å². The minimum absolute atomic E-state index is 0.0168. The summed E-state index contributed by atoms with van der Waals surface area (Å²) in [5.41, 5.74) is 13.0. The quantitative estimate of drug-likeness (QED) is 0.318. The summed E-state index contributed by atoms with van der Waals surface area (Å²) in [5.74, 6) is -1.09. The number of likely N-dealkylation sites (tertiary alicyclic amines) is 2. The average Bonchev–Trinajstić information content (AvgIpc) is 3.65. The number of nitrogens with two attached hydrogens (primary N) is 2. The Bertz CT molecular complexity index is 998. The number of piperidine rings is 2. The summed E-state index contributed by atoms with van der Waals surface area (Å²) in [6.07, 6.45) is 5.21. The lowest BCUT2D eigenvalue weighted by atomic mass is 9.73. The maximum absolute atomic E-state index is 15.6. The largest absolute Gasteiger partial charge is 0.350 e. The standard InChI is InChI=1S/C31H54F2N8O2/c1-39(2)22-8-14-41(19-22)30(43)20-6-12-40(13-7-20)27-23(33)17-36-18-25(27)38-29(42)26(28(34)35)24-15-31(9-3-4-10-31)11-5-21(32)16-37-24/h20-23,25-28,36H,3-19,34-35H2,1-2H3,(H,38,42)/b37-24+/t21?,22-,23?,25?,26?,27?/m1/s1. The second kappa shape index (κ2) is 14.1. The Balaban J connectivity index is 1.24. The number of halogens is 2. The van der Waals surface area contributed by atoms with Gasteiger partial charge in [0, 0.05) is 43.9 Å². The molecule has 4 fully saturated rings. The molecule has 0 aromatic rings. The van der Waals surface area contributed by atoms with Gasteiger partial charge in [-0.05, 0) is 84.0 Å². The van der Waals surface area contributed by atoms with E-state index < -0.39 is 36.5 Å². The molecule has 1 saturated carbocycles. The van der Waals surface area contributed by atoms with E-state index in [1.165, 1.54) is 0 Å². The number of nitrogens with one attached hydrogen (secondary N) is 2. The molecule has 0 bridgehead atoms. The van der Waals surface area contributed by atoms with Crippen LogP contribution in [0.4, 0.5) is 8.78 Å². The van der Waals surface area contributed by atoms with E-state index in [2.05, 4.69) is 39.5 Å². The summed E-state index contributed by atoms with van der Waals surface area (Å²) < 4.78 is 30.2. The van der Waals surface area contributed by atoms with Gasteiger partial charge in [0.15, 0.2) is 0 Å². The Morgan fingerprint density at radius 3 is 2.42 bits per heavy atom. The lowest BCUT2D eigenvalue weighted by Crippen LogP contribution is -2.67. The molecule has 0 radical (unpaired) electrons. The molecule has 6 atom stereocenters. The highest BCUT2D eigenvalue weighted by molar-refractivity contribution is 6.05. The minimum atomic E-state index is -1.18. The van der Waals surface area contributed by atoms with Gasteiger partial charge in [-0.3, -0.25) is 19.5 Å². The molecule has 0 aromatic heterocycles. The summed E-state index contributed by atoms with van der Waals surface area (Å²) in [6, 6.07) is -0.611. The maximum atomic E-state index is 15.6. The van der Waals surface area contributed by atoms with Gasteiger partial charge >= 0.3 is 0 Å². The first kappa shape index (κ1) is 32.7. The average molecular weight is 609 g/mol. The monoisotopic (exact) mass is 608 g/mol. The summed E-state index contributed by atoms with van der Waals surface area (Å²) >= 11 is 0. The number of alkyl halides is 2. The summed E-state index contributed by atoms with van der Waals surface area (Å²) in [6.45, 7) is 3.41. The molecule has 0 aromatic carbocycles. The SMILES string of the molecule is CN(C)[C@@H]1CCN(C(=O)C2CCN(C3C(F)CNCC3NC(=O)C(/C3=N/CC(F)CCC4(CCCC4)C3)C(N)N)CC2)C1. The molecule has 5 aliphatic rings. The zero-order valence-corrected chi connectivity index (χ0v) is 26.2. The van der Waals surface area contributed by atoms with Crippen LogP contribution in [-0.2, 0) is 9.59 Å². The lowest BCUT2D eigenvalue weighted by Gasteiger charge is -2.45. The molecule has 6 N–H and O–H groups in total. The first-order chi connectivity index (χ1) is 20.6. The van der Waals surface area contributed by atoms with E-state index in [1.807, 2.05) is 4.90 Å². The summed E-state index contributed by atoms with van der Waals surface area (Å²) in [4.78, 5) is 38.0.